The lowest BCUT2D eigenvalue weighted by molar-refractivity contribution is 1.70. The summed E-state index contributed by atoms with van der Waals surface area (Å²) >= 11 is 17.7. The van der Waals surface area contributed by atoms with Crippen molar-refractivity contribution >= 4 is 57.7 Å². The summed E-state index contributed by atoms with van der Waals surface area (Å²) in [6, 6.07) is 5.41. The van der Waals surface area contributed by atoms with E-state index >= 15 is 0 Å². The van der Waals surface area contributed by atoms with Crippen molar-refractivity contribution in [3.05, 3.63) is 24.3 Å². The van der Waals surface area contributed by atoms with Crippen molar-refractivity contribution in [3.63, 3.8) is 0 Å². The lowest BCUT2D eigenvalue weighted by Crippen LogP contribution is -2.39. The Bertz CT molecular complexity index is 275. The highest BCUT2D eigenvalue weighted by Crippen LogP contribution is 2.19. The van der Waals surface area contributed by atoms with Crippen molar-refractivity contribution in [2.75, 3.05) is 0 Å². The Morgan fingerprint density at radius 2 is 1.14 bits per heavy atom. The van der Waals surface area contributed by atoms with E-state index in [1.54, 1.807) is 0 Å². The minimum absolute atomic E-state index is 0.865. The van der Waals surface area contributed by atoms with Gasteiger partial charge in [-0.2, -0.15) is 0 Å². The van der Waals surface area contributed by atoms with E-state index in [9.17, 15) is 0 Å². The van der Waals surface area contributed by atoms with Gasteiger partial charge in [0.05, 0.1) is 8.07 Å². The molecule has 0 amide bonds. The molecule has 5 heteroatoms. The second-order valence-electron chi connectivity index (χ2n) is 4.33. The Labute approximate surface area is 101 Å². The Hall–Kier alpha value is 0.524. The van der Waals surface area contributed by atoms with Crippen LogP contribution >= 0.6 is 33.2 Å². The van der Waals surface area contributed by atoms with Gasteiger partial charge in [-0.3, -0.25) is 0 Å². The molecule has 0 atom stereocenters. The third-order valence-electron chi connectivity index (χ3n) is 2.08. The van der Waals surface area contributed by atoms with Crippen LogP contribution in [0.15, 0.2) is 24.3 Å². The quantitative estimate of drug-likeness (QED) is 0.578. The van der Waals surface area contributed by atoms with Crippen LogP contribution in [0.5, 0.6) is 0 Å². The number of halogens is 3. The predicted molar refractivity (Wildman–Crippen MR) is 72.4 cm³/mol. The molecule has 0 saturated heterocycles. The molecular formula is C9H13Cl3Si2. The van der Waals surface area contributed by atoms with E-state index < -0.39 is 14.1 Å². The van der Waals surface area contributed by atoms with Gasteiger partial charge < -0.3 is 0 Å². The molecule has 0 fully saturated rings. The summed E-state index contributed by atoms with van der Waals surface area (Å²) in [5.74, 6) is 0. The van der Waals surface area contributed by atoms with E-state index in [2.05, 4.69) is 31.8 Å². The molecule has 0 heterocycles. The maximum Gasteiger partial charge on any atom is 0.372 e. The van der Waals surface area contributed by atoms with Crippen molar-refractivity contribution in [1.82, 2.24) is 0 Å². The monoisotopic (exact) mass is 282 g/mol. The van der Waals surface area contributed by atoms with Gasteiger partial charge in [0.25, 0.3) is 0 Å². The Balaban J connectivity index is 3.02. The van der Waals surface area contributed by atoms with Crippen LogP contribution in [0.3, 0.4) is 0 Å². The first-order valence-corrected chi connectivity index (χ1v) is 12.9. The summed E-state index contributed by atoms with van der Waals surface area (Å²) in [4.78, 5) is 0. The molecule has 0 nitrogen and oxygen atoms in total. The molecule has 1 aromatic carbocycles. The number of rotatable bonds is 2. The molecule has 14 heavy (non-hydrogen) atoms. The van der Waals surface area contributed by atoms with Gasteiger partial charge in [-0.05, 0) is 5.19 Å². The normalized spacial score (nSPS) is 13.0. The van der Waals surface area contributed by atoms with Gasteiger partial charge in [-0.15, -0.1) is 33.2 Å². The van der Waals surface area contributed by atoms with Crippen molar-refractivity contribution in [2.24, 2.45) is 0 Å². The van der Waals surface area contributed by atoms with Crippen molar-refractivity contribution < 1.29 is 0 Å². The summed E-state index contributed by atoms with van der Waals surface area (Å²) in [5.41, 5.74) is 0. The average Bonchev–Trinajstić information content (AvgIpc) is 2.01. The van der Waals surface area contributed by atoms with E-state index in [4.69, 9.17) is 33.2 Å². The fourth-order valence-electron chi connectivity index (χ4n) is 1.16. The fourth-order valence-corrected chi connectivity index (χ4v) is 4.00. The average molecular weight is 284 g/mol. The molecule has 0 spiro atoms. The summed E-state index contributed by atoms with van der Waals surface area (Å²) < 4.78 is 0. The molecule has 0 bridgehead atoms. The van der Waals surface area contributed by atoms with Crippen molar-refractivity contribution in [1.29, 1.82) is 0 Å². The molecule has 0 unspecified atom stereocenters. The lowest BCUT2D eigenvalue weighted by Gasteiger charge is -2.17. The zero-order chi connectivity index (χ0) is 11.0. The Morgan fingerprint density at radius 3 is 1.43 bits per heavy atom. The topological polar surface area (TPSA) is 0 Å². The molecule has 0 aliphatic rings. The van der Waals surface area contributed by atoms with Crippen LogP contribution in [0, 0.1) is 0 Å². The third kappa shape index (κ3) is 3.28. The van der Waals surface area contributed by atoms with Crippen LogP contribution < -0.4 is 10.4 Å². The first-order valence-electron chi connectivity index (χ1n) is 4.39. The minimum Gasteiger partial charge on any atom is -0.121 e. The van der Waals surface area contributed by atoms with Gasteiger partial charge in [0, 0.05) is 0 Å². The zero-order valence-corrected chi connectivity index (χ0v) is 12.7. The number of benzene rings is 1. The van der Waals surface area contributed by atoms with Gasteiger partial charge in [0.15, 0.2) is 0 Å². The molecule has 0 radical (unpaired) electrons. The maximum atomic E-state index is 5.91. The molecule has 0 aliphatic carbocycles. The first kappa shape index (κ1) is 12.6. The predicted octanol–water partition coefficient (Wildman–Crippen LogP) is 3.09. The zero-order valence-electron chi connectivity index (χ0n) is 8.44. The molecule has 0 aromatic heterocycles. The molecule has 0 N–H and O–H groups in total. The summed E-state index contributed by atoms with van der Waals surface area (Å²) in [5, 5.41) is 2.26. The van der Waals surface area contributed by atoms with Crippen LogP contribution in [0.1, 0.15) is 0 Å². The van der Waals surface area contributed by atoms with Gasteiger partial charge in [-0.1, -0.05) is 49.1 Å². The van der Waals surface area contributed by atoms with E-state index in [0.717, 1.165) is 5.19 Å². The number of hydrogen-bond acceptors (Lipinski definition) is 0. The molecule has 0 aliphatic heterocycles. The minimum atomic E-state index is -2.68. The van der Waals surface area contributed by atoms with Crippen LogP contribution in [-0.4, -0.2) is 14.1 Å². The largest absolute Gasteiger partial charge is 0.372 e. The van der Waals surface area contributed by atoms with Gasteiger partial charge in [0.2, 0.25) is 0 Å². The van der Waals surface area contributed by atoms with E-state index in [-0.39, 0.29) is 0 Å². The molecular weight excluding hydrogens is 271 g/mol. The Morgan fingerprint density at radius 1 is 0.786 bits per heavy atom. The molecule has 78 valence electrons. The van der Waals surface area contributed by atoms with Gasteiger partial charge >= 0.3 is 6.00 Å². The molecule has 1 aromatic rings. The highest BCUT2D eigenvalue weighted by atomic mass is 35.8. The van der Waals surface area contributed by atoms with Crippen LogP contribution in [0.2, 0.25) is 19.6 Å². The van der Waals surface area contributed by atoms with Crippen molar-refractivity contribution in [2.45, 2.75) is 19.6 Å². The van der Waals surface area contributed by atoms with Gasteiger partial charge in [0.1, 0.15) is 0 Å². The van der Waals surface area contributed by atoms with E-state index in [0.29, 0.717) is 0 Å². The summed E-state index contributed by atoms with van der Waals surface area (Å²) in [7, 11) is -1.23. The fraction of sp³-hybridized carbons (Fsp3) is 0.333. The highest BCUT2D eigenvalue weighted by molar-refractivity contribution is 7.69. The standard InChI is InChI=1S/C9H13Cl3Si2/c1-13(2,3)8-4-6-9(7-5-8)14(10,11)12/h4-7H,1-3H3. The Kier molecular flexibility index (Phi) is 3.76. The second-order valence-corrected chi connectivity index (χ2v) is 17.8. The maximum absolute atomic E-state index is 5.91. The van der Waals surface area contributed by atoms with Crippen LogP contribution in [-0.2, 0) is 0 Å². The van der Waals surface area contributed by atoms with E-state index in [1.807, 2.05) is 12.1 Å². The van der Waals surface area contributed by atoms with Crippen LogP contribution in [0.25, 0.3) is 0 Å². The SMILES string of the molecule is C[Si](C)(C)c1ccc([Si](Cl)(Cl)Cl)cc1. The van der Waals surface area contributed by atoms with Gasteiger partial charge in [-0.25, -0.2) is 0 Å². The van der Waals surface area contributed by atoms with Crippen molar-refractivity contribution in [3.8, 4) is 0 Å². The summed E-state index contributed by atoms with van der Waals surface area (Å²) in [6.45, 7) is 6.90. The summed E-state index contributed by atoms with van der Waals surface area (Å²) in [6.07, 6.45) is 0. The second kappa shape index (κ2) is 4.18. The first-order chi connectivity index (χ1) is 6.21. The lowest BCUT2D eigenvalue weighted by atomic mass is 10.4. The third-order valence-corrected chi connectivity index (χ3v) is 7.10. The smallest absolute Gasteiger partial charge is 0.121 e. The molecule has 1 rings (SSSR count). The van der Waals surface area contributed by atoms with Crippen LogP contribution in [0.4, 0.5) is 0 Å². The number of hydrogen-bond donors (Lipinski definition) is 0. The molecule has 0 saturated carbocycles. The van der Waals surface area contributed by atoms with E-state index in [1.165, 1.54) is 5.19 Å². The highest BCUT2D eigenvalue weighted by Gasteiger charge is 2.28.